The van der Waals surface area contributed by atoms with E-state index >= 15 is 0 Å². The first-order valence-electron chi connectivity index (χ1n) is 6.72. The highest BCUT2D eigenvalue weighted by Gasteiger charge is 2.04. The molecule has 0 saturated carbocycles. The van der Waals surface area contributed by atoms with Crippen molar-refractivity contribution in [2.24, 2.45) is 0 Å². The van der Waals surface area contributed by atoms with E-state index in [0.29, 0.717) is 11.6 Å². The third-order valence-electron chi connectivity index (χ3n) is 3.30. The van der Waals surface area contributed by atoms with E-state index in [1.807, 2.05) is 12.1 Å². The van der Waals surface area contributed by atoms with Crippen molar-refractivity contribution < 1.29 is 9.90 Å². The zero-order valence-corrected chi connectivity index (χ0v) is 12.3. The highest BCUT2D eigenvalue weighted by atomic mass is 32.1. The number of benzene rings is 1. The number of thiophene rings is 1. The Labute approximate surface area is 123 Å². The SMILES string of the molecule is CC(CCc1ccsc1)NCc1ccc(C(=O)O)cc1. The highest BCUT2D eigenvalue weighted by molar-refractivity contribution is 7.07. The van der Waals surface area contributed by atoms with Crippen molar-refractivity contribution >= 4 is 17.3 Å². The molecule has 106 valence electrons. The van der Waals surface area contributed by atoms with Crippen LogP contribution in [-0.2, 0) is 13.0 Å². The number of hydrogen-bond acceptors (Lipinski definition) is 3. The van der Waals surface area contributed by atoms with Crippen LogP contribution in [0.3, 0.4) is 0 Å². The normalized spacial score (nSPS) is 12.2. The van der Waals surface area contributed by atoms with Crippen LogP contribution < -0.4 is 5.32 Å². The van der Waals surface area contributed by atoms with E-state index in [0.717, 1.165) is 24.9 Å². The summed E-state index contributed by atoms with van der Waals surface area (Å²) in [6.45, 7) is 2.95. The van der Waals surface area contributed by atoms with Gasteiger partial charge in [-0.2, -0.15) is 11.3 Å². The minimum atomic E-state index is -0.881. The molecule has 0 saturated heterocycles. The molecule has 20 heavy (non-hydrogen) atoms. The quantitative estimate of drug-likeness (QED) is 0.819. The van der Waals surface area contributed by atoms with Crippen molar-refractivity contribution in [3.8, 4) is 0 Å². The summed E-state index contributed by atoms with van der Waals surface area (Å²) in [4.78, 5) is 10.8. The van der Waals surface area contributed by atoms with Crippen LogP contribution in [0.15, 0.2) is 41.1 Å². The van der Waals surface area contributed by atoms with Crippen LogP contribution in [0.4, 0.5) is 0 Å². The fraction of sp³-hybridized carbons (Fsp3) is 0.312. The molecule has 0 radical (unpaired) electrons. The maximum Gasteiger partial charge on any atom is 0.335 e. The summed E-state index contributed by atoms with van der Waals surface area (Å²) < 4.78 is 0. The predicted molar refractivity (Wildman–Crippen MR) is 82.3 cm³/mol. The Morgan fingerprint density at radius 2 is 2.00 bits per heavy atom. The third-order valence-corrected chi connectivity index (χ3v) is 4.03. The Morgan fingerprint density at radius 1 is 1.25 bits per heavy atom. The molecule has 2 N–H and O–H groups in total. The van der Waals surface area contributed by atoms with Gasteiger partial charge in [-0.25, -0.2) is 4.79 Å². The number of nitrogens with one attached hydrogen (secondary N) is 1. The molecular formula is C16H19NO2S. The molecule has 0 aliphatic heterocycles. The molecule has 1 atom stereocenters. The first-order chi connectivity index (χ1) is 9.65. The van der Waals surface area contributed by atoms with E-state index < -0.39 is 5.97 Å². The van der Waals surface area contributed by atoms with Gasteiger partial charge in [-0.05, 0) is 59.9 Å². The molecule has 0 fully saturated rings. The van der Waals surface area contributed by atoms with E-state index in [2.05, 4.69) is 29.1 Å². The summed E-state index contributed by atoms with van der Waals surface area (Å²) in [6, 6.07) is 9.63. The fourth-order valence-corrected chi connectivity index (χ4v) is 2.68. The van der Waals surface area contributed by atoms with Gasteiger partial charge in [0, 0.05) is 12.6 Å². The van der Waals surface area contributed by atoms with Crippen LogP contribution in [0.5, 0.6) is 0 Å². The molecule has 0 spiro atoms. The molecular weight excluding hydrogens is 270 g/mol. The Bertz CT molecular complexity index is 534. The largest absolute Gasteiger partial charge is 0.478 e. The van der Waals surface area contributed by atoms with E-state index in [4.69, 9.17) is 5.11 Å². The summed E-state index contributed by atoms with van der Waals surface area (Å²) in [5, 5.41) is 16.6. The van der Waals surface area contributed by atoms with Gasteiger partial charge in [0.15, 0.2) is 0 Å². The van der Waals surface area contributed by atoms with Gasteiger partial charge in [0.25, 0.3) is 0 Å². The summed E-state index contributed by atoms with van der Waals surface area (Å²) in [7, 11) is 0. The molecule has 1 aromatic carbocycles. The summed E-state index contributed by atoms with van der Waals surface area (Å²) in [5.74, 6) is -0.881. The minimum Gasteiger partial charge on any atom is -0.478 e. The molecule has 0 bridgehead atoms. The van der Waals surface area contributed by atoms with Crippen LogP contribution >= 0.6 is 11.3 Å². The Morgan fingerprint density at radius 3 is 2.60 bits per heavy atom. The topological polar surface area (TPSA) is 49.3 Å². The summed E-state index contributed by atoms with van der Waals surface area (Å²) >= 11 is 1.74. The first kappa shape index (κ1) is 14.8. The lowest BCUT2D eigenvalue weighted by atomic mass is 10.1. The van der Waals surface area contributed by atoms with E-state index in [1.54, 1.807) is 23.5 Å². The number of carbonyl (C=O) groups is 1. The third kappa shape index (κ3) is 4.47. The molecule has 0 amide bonds. The van der Waals surface area contributed by atoms with Gasteiger partial charge < -0.3 is 10.4 Å². The first-order valence-corrected chi connectivity index (χ1v) is 7.66. The van der Waals surface area contributed by atoms with Gasteiger partial charge in [0.1, 0.15) is 0 Å². The second kappa shape index (κ2) is 7.22. The molecule has 1 unspecified atom stereocenters. The van der Waals surface area contributed by atoms with Crippen molar-refractivity contribution in [3.05, 3.63) is 57.8 Å². The van der Waals surface area contributed by atoms with Gasteiger partial charge in [-0.3, -0.25) is 0 Å². The van der Waals surface area contributed by atoms with Gasteiger partial charge >= 0.3 is 5.97 Å². The van der Waals surface area contributed by atoms with Gasteiger partial charge in [0.05, 0.1) is 5.56 Å². The standard InChI is InChI=1S/C16H19NO2S/c1-12(2-3-14-8-9-20-11-14)17-10-13-4-6-15(7-5-13)16(18)19/h4-9,11-12,17H,2-3,10H2,1H3,(H,18,19). The second-order valence-electron chi connectivity index (χ2n) is 4.95. The molecule has 0 aliphatic rings. The van der Waals surface area contributed by atoms with Crippen molar-refractivity contribution in [1.82, 2.24) is 5.32 Å². The van der Waals surface area contributed by atoms with E-state index in [-0.39, 0.29) is 0 Å². The second-order valence-corrected chi connectivity index (χ2v) is 5.73. The predicted octanol–water partition coefficient (Wildman–Crippen LogP) is 3.56. The smallest absolute Gasteiger partial charge is 0.335 e. The lowest BCUT2D eigenvalue weighted by Crippen LogP contribution is -2.25. The zero-order chi connectivity index (χ0) is 14.4. The number of carboxylic acids is 1. The zero-order valence-electron chi connectivity index (χ0n) is 11.5. The maximum atomic E-state index is 10.8. The Balaban J connectivity index is 1.75. The average molecular weight is 289 g/mol. The van der Waals surface area contributed by atoms with Crippen molar-refractivity contribution in [2.45, 2.75) is 32.4 Å². The van der Waals surface area contributed by atoms with Crippen LogP contribution in [0, 0.1) is 0 Å². The lowest BCUT2D eigenvalue weighted by molar-refractivity contribution is 0.0697. The van der Waals surface area contributed by atoms with Crippen LogP contribution in [0.2, 0.25) is 0 Å². The van der Waals surface area contributed by atoms with Gasteiger partial charge in [0.2, 0.25) is 0 Å². The molecule has 0 aliphatic carbocycles. The number of carboxylic acid groups (broad SMARTS) is 1. The molecule has 3 nitrogen and oxygen atoms in total. The average Bonchev–Trinajstić information content (AvgIpc) is 2.96. The van der Waals surface area contributed by atoms with Gasteiger partial charge in [-0.15, -0.1) is 0 Å². The van der Waals surface area contributed by atoms with Crippen molar-refractivity contribution in [3.63, 3.8) is 0 Å². The number of aryl methyl sites for hydroxylation is 1. The monoisotopic (exact) mass is 289 g/mol. The van der Waals surface area contributed by atoms with Gasteiger partial charge in [-0.1, -0.05) is 12.1 Å². The minimum absolute atomic E-state index is 0.333. The Kier molecular flexibility index (Phi) is 5.32. The molecule has 1 aromatic heterocycles. The highest BCUT2D eigenvalue weighted by Crippen LogP contribution is 2.10. The Hall–Kier alpha value is -1.65. The van der Waals surface area contributed by atoms with Crippen LogP contribution in [-0.4, -0.2) is 17.1 Å². The van der Waals surface area contributed by atoms with Crippen molar-refractivity contribution in [1.29, 1.82) is 0 Å². The lowest BCUT2D eigenvalue weighted by Gasteiger charge is -2.13. The van der Waals surface area contributed by atoms with Crippen LogP contribution in [0.25, 0.3) is 0 Å². The molecule has 1 heterocycles. The molecule has 2 aromatic rings. The number of aromatic carboxylic acids is 1. The van der Waals surface area contributed by atoms with Crippen molar-refractivity contribution in [2.75, 3.05) is 0 Å². The number of rotatable bonds is 7. The molecule has 2 rings (SSSR count). The fourth-order valence-electron chi connectivity index (χ4n) is 1.98. The number of hydrogen-bond donors (Lipinski definition) is 2. The summed E-state index contributed by atoms with van der Waals surface area (Å²) in [5.41, 5.74) is 2.84. The van der Waals surface area contributed by atoms with Crippen LogP contribution in [0.1, 0.15) is 34.8 Å². The maximum absolute atomic E-state index is 10.8. The molecule has 4 heteroatoms. The van der Waals surface area contributed by atoms with E-state index in [1.165, 1.54) is 5.56 Å². The van der Waals surface area contributed by atoms with E-state index in [9.17, 15) is 4.79 Å². The summed E-state index contributed by atoms with van der Waals surface area (Å²) in [6.07, 6.45) is 2.19.